The molecule has 0 saturated carbocycles. The van der Waals surface area contributed by atoms with Gasteiger partial charge >= 0.3 is 47.8 Å². The van der Waals surface area contributed by atoms with Gasteiger partial charge in [-0.2, -0.15) is 0 Å². The molecule has 6 atom stereocenters. The van der Waals surface area contributed by atoms with E-state index in [4.69, 9.17) is 33.2 Å². The molecule has 16 heteroatoms. The van der Waals surface area contributed by atoms with Crippen molar-refractivity contribution < 1.29 is 76.3 Å². The first-order valence-corrected chi connectivity index (χ1v) is 26.9. The van der Waals surface area contributed by atoms with Crippen LogP contribution in [0.25, 0.3) is 0 Å². The van der Waals surface area contributed by atoms with Crippen molar-refractivity contribution in [2.45, 2.75) is 212 Å². The average Bonchev–Trinajstić information content (AvgIpc) is 3.39. The smallest absolute Gasteiger partial charge is 0.308 e. The lowest BCUT2D eigenvalue weighted by molar-refractivity contribution is -0.148. The van der Waals surface area contributed by atoms with E-state index in [1.54, 1.807) is 0 Å². The lowest BCUT2D eigenvalue weighted by Crippen LogP contribution is -2.18. The van der Waals surface area contributed by atoms with Gasteiger partial charge in [0.15, 0.2) is 0 Å². The molecule has 0 aromatic carbocycles. The zero-order valence-electron chi connectivity index (χ0n) is 45.3. The van der Waals surface area contributed by atoms with Crippen LogP contribution in [0.1, 0.15) is 212 Å². The minimum Gasteiger partial charge on any atom is -0.469 e. The molecule has 0 aliphatic heterocycles. The Morgan fingerprint density at radius 3 is 0.577 bits per heavy atom. The van der Waals surface area contributed by atoms with Gasteiger partial charge in [-0.3, -0.25) is 38.4 Å². The highest BCUT2D eigenvalue weighted by Crippen LogP contribution is 2.27. The Kier molecular flexibility index (Phi) is 41.8. The van der Waals surface area contributed by atoms with Crippen LogP contribution in [0.5, 0.6) is 0 Å². The normalized spacial score (nSPS) is 13.6. The van der Waals surface area contributed by atoms with Gasteiger partial charge in [-0.1, -0.05) is 116 Å². The molecule has 0 fully saturated rings. The standard InChI is InChI=1S/C55H96O16/c1-64-48(56)39-27-10-9-16-28-42(50(58)66-3)29-17-11-18-30-43(51(59)67-4)31-19-12-20-32-44(52(60)68-5)33-21-13-22-34-45(53(61)69-6)35-23-14-24-36-46(54(62)70-7)37-25-15-26-38-47(55(63)71-8)40-41-49(57)65-2/h42-47H,9-41H2,1-8H3. The van der Waals surface area contributed by atoms with Crippen molar-refractivity contribution in [1.82, 2.24) is 0 Å². The second-order valence-corrected chi connectivity index (χ2v) is 19.2. The van der Waals surface area contributed by atoms with E-state index in [1.165, 1.54) is 56.9 Å². The molecular weight excluding hydrogens is 917 g/mol. The third-order valence-corrected chi connectivity index (χ3v) is 14.1. The summed E-state index contributed by atoms with van der Waals surface area (Å²) in [5.41, 5.74) is 0. The molecular formula is C55H96O16. The highest BCUT2D eigenvalue weighted by Gasteiger charge is 2.25. The number of methoxy groups -OCH3 is 8. The molecule has 71 heavy (non-hydrogen) atoms. The van der Waals surface area contributed by atoms with Gasteiger partial charge in [-0.15, -0.1) is 0 Å². The fourth-order valence-corrected chi connectivity index (χ4v) is 9.58. The van der Waals surface area contributed by atoms with Gasteiger partial charge < -0.3 is 37.9 Å². The summed E-state index contributed by atoms with van der Waals surface area (Å²) in [6.07, 6.45) is 25.0. The minimum absolute atomic E-state index is 0.148. The Morgan fingerprint density at radius 1 is 0.211 bits per heavy atom. The van der Waals surface area contributed by atoms with Crippen LogP contribution in [0.2, 0.25) is 0 Å². The lowest BCUT2D eigenvalue weighted by atomic mass is 9.90. The Balaban J connectivity index is 4.69. The first-order chi connectivity index (χ1) is 34.3. The molecule has 0 aromatic heterocycles. The van der Waals surface area contributed by atoms with Crippen molar-refractivity contribution in [3.8, 4) is 0 Å². The SMILES string of the molecule is COC(=O)CCCCCCC(CCCCCC(CCCCCC(CCCCCC(CCCCCC(CCCCCC(CCC(=O)OC)C(=O)OC)C(=O)OC)C(=O)OC)C(=O)OC)C(=O)OC)C(=O)OC. The summed E-state index contributed by atoms with van der Waals surface area (Å²) < 4.78 is 39.9. The van der Waals surface area contributed by atoms with Crippen LogP contribution >= 0.6 is 0 Å². The maximum Gasteiger partial charge on any atom is 0.308 e. The number of rotatable bonds is 46. The van der Waals surface area contributed by atoms with E-state index in [0.717, 1.165) is 148 Å². The summed E-state index contributed by atoms with van der Waals surface area (Å²) in [5, 5.41) is 0. The van der Waals surface area contributed by atoms with Gasteiger partial charge in [0.2, 0.25) is 0 Å². The van der Waals surface area contributed by atoms with Gasteiger partial charge in [0, 0.05) is 12.8 Å². The molecule has 0 aromatic rings. The van der Waals surface area contributed by atoms with Crippen LogP contribution in [0, 0.1) is 35.5 Å². The Labute approximate surface area is 427 Å². The number of hydrogen-bond acceptors (Lipinski definition) is 16. The molecule has 0 N–H and O–H groups in total. The quantitative estimate of drug-likeness (QED) is 0.0315. The van der Waals surface area contributed by atoms with E-state index in [-0.39, 0.29) is 89.7 Å². The number of carbonyl (C=O) groups excluding carboxylic acids is 8. The number of ether oxygens (including phenoxy) is 8. The van der Waals surface area contributed by atoms with E-state index in [9.17, 15) is 38.4 Å². The molecule has 0 aliphatic rings. The van der Waals surface area contributed by atoms with Crippen molar-refractivity contribution in [2.75, 3.05) is 56.9 Å². The average molecular weight is 1010 g/mol. The first-order valence-electron chi connectivity index (χ1n) is 26.9. The van der Waals surface area contributed by atoms with Crippen molar-refractivity contribution in [3.05, 3.63) is 0 Å². The first kappa shape index (κ1) is 66.8. The molecule has 16 nitrogen and oxygen atoms in total. The number of unbranched alkanes of at least 4 members (excludes halogenated alkanes) is 13. The summed E-state index contributed by atoms with van der Waals surface area (Å²) in [4.78, 5) is 98.1. The van der Waals surface area contributed by atoms with Crippen molar-refractivity contribution in [2.24, 2.45) is 35.5 Å². The fourth-order valence-electron chi connectivity index (χ4n) is 9.58. The molecule has 6 unspecified atom stereocenters. The van der Waals surface area contributed by atoms with Gasteiger partial charge in [-0.25, -0.2) is 0 Å². The predicted octanol–water partition coefficient (Wildman–Crippen LogP) is 10.9. The van der Waals surface area contributed by atoms with Crippen LogP contribution in [0.3, 0.4) is 0 Å². The highest BCUT2D eigenvalue weighted by atomic mass is 16.5. The summed E-state index contributed by atoms with van der Waals surface area (Å²) in [6.45, 7) is 0. The third-order valence-electron chi connectivity index (χ3n) is 14.1. The molecule has 0 radical (unpaired) electrons. The second-order valence-electron chi connectivity index (χ2n) is 19.2. The molecule has 0 amide bonds. The summed E-state index contributed by atoms with van der Waals surface area (Å²) >= 11 is 0. The molecule has 0 rings (SSSR count). The molecule has 0 saturated heterocycles. The minimum atomic E-state index is -0.366. The molecule has 0 bridgehead atoms. The zero-order valence-corrected chi connectivity index (χ0v) is 45.3. The van der Waals surface area contributed by atoms with Crippen molar-refractivity contribution >= 4 is 47.8 Å². The molecule has 412 valence electrons. The van der Waals surface area contributed by atoms with Crippen LogP contribution in [-0.2, 0) is 76.3 Å². The second kappa shape index (κ2) is 44.5. The van der Waals surface area contributed by atoms with Gasteiger partial charge in [-0.05, 0) is 83.5 Å². The number of carbonyl (C=O) groups is 8. The Bertz CT molecular complexity index is 1470. The van der Waals surface area contributed by atoms with E-state index >= 15 is 0 Å². The molecule has 0 aliphatic carbocycles. The monoisotopic (exact) mass is 1010 g/mol. The van der Waals surface area contributed by atoms with E-state index in [1.807, 2.05) is 0 Å². The maximum atomic E-state index is 12.7. The highest BCUT2D eigenvalue weighted by molar-refractivity contribution is 5.75. The Hall–Kier alpha value is -4.24. The van der Waals surface area contributed by atoms with Crippen LogP contribution < -0.4 is 0 Å². The summed E-state index contributed by atoms with van der Waals surface area (Å²) in [7, 11) is 11.2. The van der Waals surface area contributed by atoms with E-state index < -0.39 is 0 Å². The van der Waals surface area contributed by atoms with Crippen LogP contribution in [0.15, 0.2) is 0 Å². The number of esters is 8. The number of hydrogen-bond donors (Lipinski definition) is 0. The van der Waals surface area contributed by atoms with Gasteiger partial charge in [0.25, 0.3) is 0 Å². The van der Waals surface area contributed by atoms with Crippen molar-refractivity contribution in [1.29, 1.82) is 0 Å². The molecule has 0 heterocycles. The predicted molar refractivity (Wildman–Crippen MR) is 269 cm³/mol. The van der Waals surface area contributed by atoms with Crippen LogP contribution in [-0.4, -0.2) is 105 Å². The van der Waals surface area contributed by atoms with E-state index in [0.29, 0.717) is 57.8 Å². The maximum absolute atomic E-state index is 12.7. The third kappa shape index (κ3) is 33.2. The lowest BCUT2D eigenvalue weighted by Gasteiger charge is -2.17. The summed E-state index contributed by atoms with van der Waals surface area (Å²) in [5.74, 6) is -3.23. The van der Waals surface area contributed by atoms with E-state index in [2.05, 4.69) is 4.74 Å². The van der Waals surface area contributed by atoms with Crippen LogP contribution in [0.4, 0.5) is 0 Å². The van der Waals surface area contributed by atoms with Crippen molar-refractivity contribution in [3.63, 3.8) is 0 Å². The topological polar surface area (TPSA) is 210 Å². The largest absolute Gasteiger partial charge is 0.469 e. The van der Waals surface area contributed by atoms with Gasteiger partial charge in [0.05, 0.1) is 92.4 Å². The van der Waals surface area contributed by atoms with Gasteiger partial charge in [0.1, 0.15) is 0 Å². The molecule has 0 spiro atoms. The Morgan fingerprint density at radius 2 is 0.380 bits per heavy atom. The fraction of sp³-hybridized carbons (Fsp3) is 0.855. The zero-order chi connectivity index (χ0) is 53.1. The summed E-state index contributed by atoms with van der Waals surface area (Å²) in [6, 6.07) is 0.